The zero-order valence-electron chi connectivity index (χ0n) is 3.10. The molecule has 3 heteroatoms. The molecule has 0 spiro atoms. The molecule has 0 rings (SSSR count). The third-order valence-corrected chi connectivity index (χ3v) is 0.204. The number of hydrogen-bond donors (Lipinski definition) is 1. The summed E-state index contributed by atoms with van der Waals surface area (Å²) in [5.41, 5.74) is 0. The van der Waals surface area contributed by atoms with Crippen LogP contribution in [0.15, 0.2) is 0 Å². The van der Waals surface area contributed by atoms with E-state index >= 15 is 0 Å². The van der Waals surface area contributed by atoms with Gasteiger partial charge in [0.2, 0.25) is 0 Å². The SMILES string of the molecule is [B]=C(C)[B]O. The van der Waals surface area contributed by atoms with E-state index in [4.69, 9.17) is 12.5 Å². The van der Waals surface area contributed by atoms with Crippen molar-refractivity contribution in [2.75, 3.05) is 0 Å². The standard InChI is InChI=1S/C2H4B2O/c1-2(3)4-5/h5H,1H3. The van der Waals surface area contributed by atoms with Crippen LogP contribution in [0.1, 0.15) is 6.92 Å². The van der Waals surface area contributed by atoms with Gasteiger partial charge in [-0.25, -0.2) is 0 Å². The second-order valence-corrected chi connectivity index (χ2v) is 0.873. The Hall–Kier alpha value is -0.0401. The molecule has 24 valence electrons. The third kappa shape index (κ3) is 3.96. The Kier molecular flexibility index (Phi) is 2.19. The molecule has 5 heavy (non-hydrogen) atoms. The first-order valence-corrected chi connectivity index (χ1v) is 1.34. The molecule has 0 bridgehead atoms. The van der Waals surface area contributed by atoms with Gasteiger partial charge in [0.1, 0.15) is 0 Å². The van der Waals surface area contributed by atoms with Crippen LogP contribution in [-0.2, 0) is 0 Å². The van der Waals surface area contributed by atoms with Crippen molar-refractivity contribution in [1.82, 2.24) is 0 Å². The van der Waals surface area contributed by atoms with Crippen molar-refractivity contribution < 1.29 is 5.02 Å². The Morgan fingerprint density at radius 2 is 2.20 bits per heavy atom. The Morgan fingerprint density at radius 1 is 2.00 bits per heavy atom. The van der Waals surface area contributed by atoms with Gasteiger partial charge in [0, 0.05) is 0 Å². The van der Waals surface area contributed by atoms with Crippen molar-refractivity contribution in [1.29, 1.82) is 0 Å². The minimum atomic E-state index is 0.435. The van der Waals surface area contributed by atoms with E-state index < -0.39 is 0 Å². The predicted octanol–water partition coefficient (Wildman–Crippen LogP) is -1.08. The maximum absolute atomic E-state index is 7.86. The molecule has 0 aromatic heterocycles. The van der Waals surface area contributed by atoms with Crippen LogP contribution in [0, 0.1) is 0 Å². The van der Waals surface area contributed by atoms with Crippen LogP contribution in [0.2, 0.25) is 0 Å². The quantitative estimate of drug-likeness (QED) is 0.385. The van der Waals surface area contributed by atoms with Gasteiger partial charge >= 0.3 is 32.3 Å². The molecule has 0 saturated heterocycles. The molecule has 0 heterocycles. The van der Waals surface area contributed by atoms with E-state index in [1.54, 1.807) is 6.92 Å². The van der Waals surface area contributed by atoms with Gasteiger partial charge in [0.25, 0.3) is 0 Å². The fraction of sp³-hybridized carbons (Fsp3) is 0.500. The molecule has 2 radical (unpaired) electrons. The minimum absolute atomic E-state index is 0.435. The van der Waals surface area contributed by atoms with Gasteiger partial charge in [-0.05, 0) is 0 Å². The molecule has 0 aliphatic rings. The first-order valence-electron chi connectivity index (χ1n) is 1.34. The summed E-state index contributed by atoms with van der Waals surface area (Å²) in [7, 11) is 5.76. The van der Waals surface area contributed by atoms with Crippen molar-refractivity contribution in [3.63, 3.8) is 0 Å². The van der Waals surface area contributed by atoms with E-state index in [1.807, 2.05) is 0 Å². The van der Waals surface area contributed by atoms with Gasteiger partial charge in [0.05, 0.1) is 0 Å². The summed E-state index contributed by atoms with van der Waals surface area (Å²) >= 11 is 0. The van der Waals surface area contributed by atoms with Gasteiger partial charge < -0.3 is 0 Å². The van der Waals surface area contributed by atoms with Gasteiger partial charge in [-0.2, -0.15) is 0 Å². The Morgan fingerprint density at radius 3 is 2.20 bits per heavy atom. The van der Waals surface area contributed by atoms with Crippen molar-refractivity contribution >= 4 is 20.3 Å². The monoisotopic (exact) mass is 66.0 g/mol. The zero-order chi connectivity index (χ0) is 4.28. The summed E-state index contributed by atoms with van der Waals surface area (Å²) < 4.78 is 0. The van der Waals surface area contributed by atoms with E-state index in [0.29, 0.717) is 5.36 Å². The van der Waals surface area contributed by atoms with Gasteiger partial charge in [-0.3, -0.25) is 0 Å². The fourth-order valence-corrected chi connectivity index (χ4v) is 0. The van der Waals surface area contributed by atoms with E-state index in [2.05, 4.69) is 0 Å². The van der Waals surface area contributed by atoms with Crippen molar-refractivity contribution in [3.8, 4) is 0 Å². The Bertz CT molecular complexity index is 42.9. The molecule has 0 unspecified atom stereocenters. The molecular formula is C2H4B2O. The molecule has 0 atom stereocenters. The van der Waals surface area contributed by atoms with E-state index in [-0.39, 0.29) is 0 Å². The van der Waals surface area contributed by atoms with Crippen molar-refractivity contribution in [2.45, 2.75) is 6.92 Å². The van der Waals surface area contributed by atoms with Crippen LogP contribution in [0.5, 0.6) is 0 Å². The van der Waals surface area contributed by atoms with Crippen LogP contribution in [0.4, 0.5) is 0 Å². The van der Waals surface area contributed by atoms with Crippen LogP contribution in [0.3, 0.4) is 0 Å². The van der Waals surface area contributed by atoms with Crippen LogP contribution < -0.4 is 0 Å². The summed E-state index contributed by atoms with van der Waals surface area (Å²) in [6.45, 7) is 1.61. The van der Waals surface area contributed by atoms with E-state index in [1.165, 1.54) is 0 Å². The topological polar surface area (TPSA) is 20.2 Å². The van der Waals surface area contributed by atoms with Crippen molar-refractivity contribution in [2.24, 2.45) is 0 Å². The summed E-state index contributed by atoms with van der Waals surface area (Å²) in [5.74, 6) is 0. The molecule has 0 fully saturated rings. The van der Waals surface area contributed by atoms with Gasteiger partial charge in [-0.1, -0.05) is 0 Å². The molecule has 0 aromatic carbocycles. The molecule has 0 aliphatic carbocycles. The Balaban J connectivity index is 2.85. The molecule has 0 aliphatic heterocycles. The second-order valence-electron chi connectivity index (χ2n) is 0.873. The summed E-state index contributed by atoms with van der Waals surface area (Å²) in [5, 5.41) is 8.29. The zero-order valence-corrected chi connectivity index (χ0v) is 3.10. The third-order valence-electron chi connectivity index (χ3n) is 0.204. The average molecular weight is 65.7 g/mol. The van der Waals surface area contributed by atoms with Crippen LogP contribution in [-0.4, -0.2) is 25.4 Å². The summed E-state index contributed by atoms with van der Waals surface area (Å²) in [4.78, 5) is 0. The van der Waals surface area contributed by atoms with E-state index in [0.717, 1.165) is 7.48 Å². The second kappa shape index (κ2) is 2.21. The first kappa shape index (κ1) is 4.96. The molecule has 0 aromatic rings. The van der Waals surface area contributed by atoms with Gasteiger partial charge in [0.15, 0.2) is 0 Å². The summed E-state index contributed by atoms with van der Waals surface area (Å²) in [6, 6.07) is 0. The van der Waals surface area contributed by atoms with Crippen molar-refractivity contribution in [3.05, 3.63) is 0 Å². The average Bonchev–Trinajstić information content (AvgIpc) is 1.38. The molecule has 1 nitrogen and oxygen atoms in total. The summed E-state index contributed by atoms with van der Waals surface area (Å²) in [6.07, 6.45) is 0. The number of hydrogen-bond acceptors (Lipinski definition) is 1. The van der Waals surface area contributed by atoms with Gasteiger partial charge in [-0.15, -0.1) is 0 Å². The molecule has 1 N–H and O–H groups in total. The van der Waals surface area contributed by atoms with Crippen LogP contribution in [0.25, 0.3) is 0 Å². The molecular weight excluding hydrogens is 61.6 g/mol. The predicted molar refractivity (Wildman–Crippen MR) is 24.4 cm³/mol. The van der Waals surface area contributed by atoms with Crippen LogP contribution >= 0.6 is 0 Å². The normalized spacial score (nSPS) is 6.60. The number of rotatable bonds is 1. The fourth-order valence-electron chi connectivity index (χ4n) is 0. The molecule has 0 saturated carbocycles. The maximum atomic E-state index is 7.86. The van der Waals surface area contributed by atoms with E-state index in [9.17, 15) is 0 Å². The first-order chi connectivity index (χ1) is 2.27. The Labute approximate surface area is 33.4 Å². The molecule has 0 amide bonds.